The molecular weight excluding hydrogens is 254 g/mol. The van der Waals surface area contributed by atoms with Crippen molar-refractivity contribution in [2.75, 3.05) is 12.4 Å². The van der Waals surface area contributed by atoms with Gasteiger partial charge in [0.25, 0.3) is 0 Å². The van der Waals surface area contributed by atoms with Crippen molar-refractivity contribution in [3.8, 4) is 0 Å². The van der Waals surface area contributed by atoms with Crippen molar-refractivity contribution in [2.24, 2.45) is 0 Å². The number of benzene rings is 1. The molecule has 0 aliphatic heterocycles. The molecule has 0 fully saturated rings. The van der Waals surface area contributed by atoms with Crippen LogP contribution in [0.5, 0.6) is 0 Å². The van der Waals surface area contributed by atoms with Crippen molar-refractivity contribution in [1.29, 1.82) is 0 Å². The molecule has 1 heterocycles. The molecule has 0 bridgehead atoms. The number of carbonyl (C=O) groups excluding carboxylic acids is 1. The van der Waals surface area contributed by atoms with Gasteiger partial charge in [0.1, 0.15) is 0 Å². The van der Waals surface area contributed by atoms with E-state index in [9.17, 15) is 4.79 Å². The SMILES string of the molecule is CCCn1nccc1CNc1cccc(C(=O)OC)c1. The number of aromatic nitrogens is 2. The van der Waals surface area contributed by atoms with E-state index < -0.39 is 0 Å². The zero-order chi connectivity index (χ0) is 14.4. The van der Waals surface area contributed by atoms with E-state index in [0.717, 1.165) is 24.3 Å². The average molecular weight is 273 g/mol. The molecule has 0 unspecified atom stereocenters. The Morgan fingerprint density at radius 2 is 2.25 bits per heavy atom. The van der Waals surface area contributed by atoms with Crippen molar-refractivity contribution >= 4 is 11.7 Å². The number of hydrogen-bond acceptors (Lipinski definition) is 4. The second-order valence-electron chi connectivity index (χ2n) is 4.47. The molecule has 0 saturated carbocycles. The number of carbonyl (C=O) groups is 1. The Morgan fingerprint density at radius 1 is 1.40 bits per heavy atom. The minimum absolute atomic E-state index is 0.329. The van der Waals surface area contributed by atoms with Crippen molar-refractivity contribution in [3.05, 3.63) is 47.8 Å². The van der Waals surface area contributed by atoms with E-state index in [2.05, 4.69) is 17.3 Å². The van der Waals surface area contributed by atoms with Gasteiger partial charge in [-0.3, -0.25) is 4.68 Å². The fourth-order valence-corrected chi connectivity index (χ4v) is 1.99. The first kappa shape index (κ1) is 14.1. The normalized spacial score (nSPS) is 10.3. The van der Waals surface area contributed by atoms with Crippen molar-refractivity contribution in [3.63, 3.8) is 0 Å². The summed E-state index contributed by atoms with van der Waals surface area (Å²) in [6, 6.07) is 9.27. The Kier molecular flexibility index (Phi) is 4.76. The van der Waals surface area contributed by atoms with Gasteiger partial charge in [-0.05, 0) is 30.7 Å². The van der Waals surface area contributed by atoms with Crippen LogP contribution < -0.4 is 5.32 Å². The molecule has 2 rings (SSSR count). The molecule has 0 amide bonds. The summed E-state index contributed by atoms with van der Waals surface area (Å²) >= 11 is 0. The van der Waals surface area contributed by atoms with E-state index in [4.69, 9.17) is 4.74 Å². The maximum atomic E-state index is 11.5. The van der Waals surface area contributed by atoms with Gasteiger partial charge < -0.3 is 10.1 Å². The molecule has 2 aromatic rings. The zero-order valence-electron chi connectivity index (χ0n) is 11.8. The molecule has 1 N–H and O–H groups in total. The Balaban J connectivity index is 2.03. The van der Waals surface area contributed by atoms with Gasteiger partial charge in [-0.2, -0.15) is 5.10 Å². The highest BCUT2D eigenvalue weighted by atomic mass is 16.5. The Bertz CT molecular complexity index is 578. The van der Waals surface area contributed by atoms with Crippen LogP contribution in [0.25, 0.3) is 0 Å². The first-order valence-corrected chi connectivity index (χ1v) is 6.67. The minimum Gasteiger partial charge on any atom is -0.465 e. The van der Waals surface area contributed by atoms with E-state index in [1.54, 1.807) is 18.3 Å². The monoisotopic (exact) mass is 273 g/mol. The van der Waals surface area contributed by atoms with Crippen LogP contribution in [0.15, 0.2) is 36.5 Å². The number of ether oxygens (including phenoxy) is 1. The highest BCUT2D eigenvalue weighted by Gasteiger charge is 2.06. The van der Waals surface area contributed by atoms with Crippen LogP contribution in [0.3, 0.4) is 0 Å². The second-order valence-corrected chi connectivity index (χ2v) is 4.47. The van der Waals surface area contributed by atoms with Gasteiger partial charge in [0.15, 0.2) is 0 Å². The molecule has 0 aliphatic carbocycles. The van der Waals surface area contributed by atoms with Crippen LogP contribution in [0.4, 0.5) is 5.69 Å². The molecule has 106 valence electrons. The third-order valence-electron chi connectivity index (χ3n) is 3.00. The molecule has 5 nitrogen and oxygen atoms in total. The van der Waals surface area contributed by atoms with Crippen molar-refractivity contribution < 1.29 is 9.53 Å². The van der Waals surface area contributed by atoms with Crippen molar-refractivity contribution in [1.82, 2.24) is 9.78 Å². The average Bonchev–Trinajstić information content (AvgIpc) is 2.92. The van der Waals surface area contributed by atoms with Gasteiger partial charge in [0.2, 0.25) is 0 Å². The maximum absolute atomic E-state index is 11.5. The molecule has 0 spiro atoms. The molecular formula is C15H19N3O2. The summed E-state index contributed by atoms with van der Waals surface area (Å²) < 4.78 is 6.70. The van der Waals surface area contributed by atoms with E-state index in [1.807, 2.05) is 22.9 Å². The highest BCUT2D eigenvalue weighted by Crippen LogP contribution is 2.13. The van der Waals surface area contributed by atoms with Gasteiger partial charge in [-0.25, -0.2) is 4.79 Å². The maximum Gasteiger partial charge on any atom is 0.337 e. The second kappa shape index (κ2) is 6.75. The highest BCUT2D eigenvalue weighted by molar-refractivity contribution is 5.90. The Morgan fingerprint density at radius 3 is 3.00 bits per heavy atom. The lowest BCUT2D eigenvalue weighted by molar-refractivity contribution is 0.0601. The predicted octanol–water partition coefficient (Wildman–Crippen LogP) is 2.69. The molecule has 0 radical (unpaired) electrons. The largest absolute Gasteiger partial charge is 0.465 e. The van der Waals surface area contributed by atoms with Crippen molar-refractivity contribution in [2.45, 2.75) is 26.4 Å². The molecule has 1 aromatic carbocycles. The fourth-order valence-electron chi connectivity index (χ4n) is 1.99. The van der Waals surface area contributed by atoms with E-state index >= 15 is 0 Å². The first-order valence-electron chi connectivity index (χ1n) is 6.67. The zero-order valence-corrected chi connectivity index (χ0v) is 11.8. The van der Waals surface area contributed by atoms with Gasteiger partial charge >= 0.3 is 5.97 Å². The number of rotatable bonds is 6. The van der Waals surface area contributed by atoms with Crippen LogP contribution >= 0.6 is 0 Å². The van der Waals surface area contributed by atoms with Crippen LogP contribution in [0.1, 0.15) is 29.4 Å². The van der Waals surface area contributed by atoms with E-state index in [0.29, 0.717) is 12.1 Å². The summed E-state index contributed by atoms with van der Waals surface area (Å²) in [5, 5.41) is 7.58. The lowest BCUT2D eigenvalue weighted by Crippen LogP contribution is -2.09. The van der Waals surface area contributed by atoms with E-state index in [1.165, 1.54) is 7.11 Å². The summed E-state index contributed by atoms with van der Waals surface area (Å²) in [4.78, 5) is 11.5. The minimum atomic E-state index is -0.329. The summed E-state index contributed by atoms with van der Waals surface area (Å²) in [6.07, 6.45) is 2.85. The molecule has 0 aliphatic rings. The number of anilines is 1. The smallest absolute Gasteiger partial charge is 0.337 e. The lowest BCUT2D eigenvalue weighted by atomic mass is 10.2. The third kappa shape index (κ3) is 3.38. The number of hydrogen-bond donors (Lipinski definition) is 1. The van der Waals surface area contributed by atoms with Gasteiger partial charge in [0, 0.05) is 18.4 Å². The first-order chi connectivity index (χ1) is 9.74. The summed E-state index contributed by atoms with van der Waals surface area (Å²) in [5.74, 6) is -0.329. The Labute approximate surface area is 118 Å². The summed E-state index contributed by atoms with van der Waals surface area (Å²) in [6.45, 7) is 3.70. The number of esters is 1. The Hall–Kier alpha value is -2.30. The van der Waals surface area contributed by atoms with E-state index in [-0.39, 0.29) is 5.97 Å². The molecule has 0 saturated heterocycles. The van der Waals surface area contributed by atoms with Crippen LogP contribution in [-0.2, 0) is 17.8 Å². The molecule has 5 heteroatoms. The standard InChI is InChI=1S/C15H19N3O2/c1-3-9-18-14(7-8-17-18)11-16-13-6-4-5-12(10-13)15(19)20-2/h4-8,10,16H,3,9,11H2,1-2H3. The van der Waals surface area contributed by atoms with Crippen LogP contribution in [0.2, 0.25) is 0 Å². The number of methoxy groups -OCH3 is 1. The predicted molar refractivity (Wildman–Crippen MR) is 77.6 cm³/mol. The topological polar surface area (TPSA) is 56.2 Å². The summed E-state index contributed by atoms with van der Waals surface area (Å²) in [7, 11) is 1.38. The van der Waals surface area contributed by atoms with Gasteiger partial charge in [-0.15, -0.1) is 0 Å². The van der Waals surface area contributed by atoms with Gasteiger partial charge in [0.05, 0.1) is 24.9 Å². The summed E-state index contributed by atoms with van der Waals surface area (Å²) in [5.41, 5.74) is 2.55. The number of aryl methyl sites for hydroxylation is 1. The molecule has 1 aromatic heterocycles. The lowest BCUT2D eigenvalue weighted by Gasteiger charge is -2.09. The molecule has 0 atom stereocenters. The van der Waals surface area contributed by atoms with Crippen LogP contribution in [0, 0.1) is 0 Å². The number of nitrogens with zero attached hydrogens (tertiary/aromatic N) is 2. The fraction of sp³-hybridized carbons (Fsp3) is 0.333. The number of nitrogens with one attached hydrogen (secondary N) is 1. The third-order valence-corrected chi connectivity index (χ3v) is 3.00. The molecule has 20 heavy (non-hydrogen) atoms. The quantitative estimate of drug-likeness (QED) is 0.822. The van der Waals surface area contributed by atoms with Gasteiger partial charge in [-0.1, -0.05) is 13.0 Å². The van der Waals surface area contributed by atoms with Crippen LogP contribution in [-0.4, -0.2) is 22.9 Å².